The first-order chi connectivity index (χ1) is 7.59. The van der Waals surface area contributed by atoms with Crippen molar-refractivity contribution in [3.8, 4) is 5.69 Å². The van der Waals surface area contributed by atoms with Crippen molar-refractivity contribution < 1.29 is 4.39 Å². The number of nitrogens with two attached hydrogens (primary N) is 1. The van der Waals surface area contributed by atoms with Crippen LogP contribution in [0.4, 0.5) is 4.39 Å². The molecule has 0 amide bonds. The molecule has 0 saturated carbocycles. The smallest absolute Gasteiger partial charge is 0.128 e. The molecule has 3 nitrogen and oxygen atoms in total. The molecule has 0 radical (unpaired) electrons. The van der Waals surface area contributed by atoms with Gasteiger partial charge in [0, 0.05) is 11.7 Å². The molecule has 84 valence electrons. The number of rotatable bonds is 2. The van der Waals surface area contributed by atoms with Gasteiger partial charge in [-0.25, -0.2) is 9.37 Å². The Morgan fingerprint density at radius 2 is 2.19 bits per heavy atom. The van der Waals surface area contributed by atoms with Crippen LogP contribution in [0.3, 0.4) is 0 Å². The molecular weight excluding hydrogens is 205 g/mol. The number of nitrogens with zero attached hydrogens (tertiary/aromatic N) is 2. The summed E-state index contributed by atoms with van der Waals surface area (Å²) in [5.41, 5.74) is 8.05. The Morgan fingerprint density at radius 3 is 2.81 bits per heavy atom. The van der Waals surface area contributed by atoms with Gasteiger partial charge in [0.25, 0.3) is 0 Å². The number of aryl methyl sites for hydroxylation is 1. The van der Waals surface area contributed by atoms with E-state index in [0.29, 0.717) is 5.56 Å². The average molecular weight is 219 g/mol. The third-order valence-electron chi connectivity index (χ3n) is 2.57. The summed E-state index contributed by atoms with van der Waals surface area (Å²) in [6.07, 6.45) is 3.34. The minimum absolute atomic E-state index is 0.133. The molecule has 2 rings (SSSR count). The quantitative estimate of drug-likeness (QED) is 0.842. The Balaban J connectivity index is 2.50. The number of benzene rings is 1. The van der Waals surface area contributed by atoms with Crippen LogP contribution in [0, 0.1) is 12.7 Å². The summed E-state index contributed by atoms with van der Waals surface area (Å²) in [6, 6.07) is 4.96. The number of aromatic nitrogens is 2. The van der Waals surface area contributed by atoms with Crippen LogP contribution in [0.1, 0.15) is 24.2 Å². The summed E-state index contributed by atoms with van der Waals surface area (Å²) in [4.78, 5) is 4.03. The van der Waals surface area contributed by atoms with Gasteiger partial charge in [-0.2, -0.15) is 0 Å². The molecule has 0 saturated heterocycles. The number of hydrogen-bond acceptors (Lipinski definition) is 2. The van der Waals surface area contributed by atoms with Crippen molar-refractivity contribution in [3.05, 3.63) is 47.8 Å². The van der Waals surface area contributed by atoms with E-state index in [9.17, 15) is 4.39 Å². The lowest BCUT2D eigenvalue weighted by molar-refractivity contribution is 0.616. The second-order valence-corrected chi connectivity index (χ2v) is 3.91. The van der Waals surface area contributed by atoms with Crippen LogP contribution in [0.5, 0.6) is 0 Å². The van der Waals surface area contributed by atoms with Crippen LogP contribution in [-0.4, -0.2) is 9.55 Å². The zero-order valence-corrected chi connectivity index (χ0v) is 9.31. The van der Waals surface area contributed by atoms with Gasteiger partial charge in [0.1, 0.15) is 5.82 Å². The molecule has 0 aliphatic rings. The summed E-state index contributed by atoms with van der Waals surface area (Å²) in [5, 5.41) is 0. The molecule has 1 aromatic heterocycles. The third-order valence-corrected chi connectivity index (χ3v) is 2.57. The second kappa shape index (κ2) is 4.06. The average Bonchev–Trinajstić information content (AvgIpc) is 2.71. The molecule has 4 heteroatoms. The summed E-state index contributed by atoms with van der Waals surface area (Å²) in [6.45, 7) is 3.61. The fraction of sp³-hybridized carbons (Fsp3) is 0.250. The van der Waals surface area contributed by atoms with Crippen molar-refractivity contribution >= 4 is 0 Å². The van der Waals surface area contributed by atoms with Crippen LogP contribution < -0.4 is 5.73 Å². The van der Waals surface area contributed by atoms with Crippen molar-refractivity contribution in [2.24, 2.45) is 5.73 Å². The Morgan fingerprint density at radius 1 is 1.44 bits per heavy atom. The summed E-state index contributed by atoms with van der Waals surface area (Å²) < 4.78 is 15.2. The summed E-state index contributed by atoms with van der Waals surface area (Å²) >= 11 is 0. The molecule has 0 bridgehead atoms. The van der Waals surface area contributed by atoms with Crippen molar-refractivity contribution in [1.29, 1.82) is 0 Å². The predicted molar refractivity (Wildman–Crippen MR) is 60.9 cm³/mol. The van der Waals surface area contributed by atoms with Gasteiger partial charge in [-0.05, 0) is 31.5 Å². The summed E-state index contributed by atoms with van der Waals surface area (Å²) in [5.74, 6) is -0.221. The van der Waals surface area contributed by atoms with E-state index in [-0.39, 0.29) is 11.9 Å². The Bertz CT molecular complexity index is 503. The van der Waals surface area contributed by atoms with Gasteiger partial charge in [0.05, 0.1) is 18.2 Å². The van der Waals surface area contributed by atoms with Gasteiger partial charge in [-0.3, -0.25) is 0 Å². The van der Waals surface area contributed by atoms with Crippen molar-refractivity contribution in [2.45, 2.75) is 19.9 Å². The first-order valence-electron chi connectivity index (χ1n) is 5.14. The lowest BCUT2D eigenvalue weighted by atomic mass is 10.2. The largest absolute Gasteiger partial charge is 0.323 e. The Hall–Kier alpha value is -1.68. The molecule has 1 aromatic carbocycles. The van der Waals surface area contributed by atoms with Crippen LogP contribution in [0.2, 0.25) is 0 Å². The van der Waals surface area contributed by atoms with Crippen molar-refractivity contribution in [2.75, 3.05) is 0 Å². The highest BCUT2D eigenvalue weighted by Gasteiger charge is 2.09. The number of hydrogen-bond donors (Lipinski definition) is 1. The van der Waals surface area contributed by atoms with E-state index in [4.69, 9.17) is 5.73 Å². The van der Waals surface area contributed by atoms with Crippen LogP contribution >= 0.6 is 0 Å². The maximum atomic E-state index is 13.4. The Labute approximate surface area is 93.7 Å². The molecule has 0 fully saturated rings. The van der Waals surface area contributed by atoms with Gasteiger partial charge in [0.2, 0.25) is 0 Å². The van der Waals surface area contributed by atoms with Crippen LogP contribution in [0.25, 0.3) is 5.69 Å². The third kappa shape index (κ3) is 1.84. The van der Waals surface area contributed by atoms with E-state index < -0.39 is 0 Å². The van der Waals surface area contributed by atoms with E-state index in [1.807, 2.05) is 13.0 Å². The molecule has 0 aliphatic carbocycles. The molecule has 0 spiro atoms. The molecule has 1 heterocycles. The number of halogens is 1. The SMILES string of the molecule is Cc1ccc(-n2cncc2[C@H](C)N)cc1F. The van der Waals surface area contributed by atoms with E-state index in [2.05, 4.69) is 4.98 Å². The van der Waals surface area contributed by atoms with E-state index >= 15 is 0 Å². The highest BCUT2D eigenvalue weighted by molar-refractivity contribution is 5.37. The lowest BCUT2D eigenvalue weighted by Crippen LogP contribution is -2.10. The summed E-state index contributed by atoms with van der Waals surface area (Å²) in [7, 11) is 0. The van der Waals surface area contributed by atoms with Gasteiger partial charge >= 0.3 is 0 Å². The molecule has 0 aliphatic heterocycles. The monoisotopic (exact) mass is 219 g/mol. The van der Waals surface area contributed by atoms with Crippen molar-refractivity contribution in [1.82, 2.24) is 9.55 Å². The minimum atomic E-state index is -0.221. The van der Waals surface area contributed by atoms with Crippen LogP contribution in [-0.2, 0) is 0 Å². The minimum Gasteiger partial charge on any atom is -0.323 e. The fourth-order valence-electron chi connectivity index (χ4n) is 1.59. The normalized spacial score (nSPS) is 12.8. The fourth-order valence-corrected chi connectivity index (χ4v) is 1.59. The maximum Gasteiger partial charge on any atom is 0.128 e. The second-order valence-electron chi connectivity index (χ2n) is 3.91. The first-order valence-corrected chi connectivity index (χ1v) is 5.14. The lowest BCUT2D eigenvalue weighted by Gasteiger charge is -2.11. The molecular formula is C12H14FN3. The van der Waals surface area contributed by atoms with Gasteiger partial charge < -0.3 is 10.3 Å². The van der Waals surface area contributed by atoms with Gasteiger partial charge in [-0.1, -0.05) is 6.07 Å². The van der Waals surface area contributed by atoms with E-state index in [0.717, 1.165) is 11.4 Å². The van der Waals surface area contributed by atoms with E-state index in [1.165, 1.54) is 6.07 Å². The zero-order chi connectivity index (χ0) is 11.7. The molecule has 2 aromatic rings. The van der Waals surface area contributed by atoms with E-state index in [1.54, 1.807) is 30.1 Å². The van der Waals surface area contributed by atoms with Crippen LogP contribution in [0.15, 0.2) is 30.7 Å². The van der Waals surface area contributed by atoms with Gasteiger partial charge in [-0.15, -0.1) is 0 Å². The molecule has 1 atom stereocenters. The highest BCUT2D eigenvalue weighted by Crippen LogP contribution is 2.18. The van der Waals surface area contributed by atoms with Gasteiger partial charge in [0.15, 0.2) is 0 Å². The zero-order valence-electron chi connectivity index (χ0n) is 9.31. The standard InChI is InChI=1S/C12H14FN3/c1-8-3-4-10(5-11(8)13)16-7-15-6-12(16)9(2)14/h3-7,9H,14H2,1-2H3/t9-/m0/s1. The van der Waals surface area contributed by atoms with Crippen molar-refractivity contribution in [3.63, 3.8) is 0 Å². The topological polar surface area (TPSA) is 43.8 Å². The first kappa shape index (κ1) is 10.8. The Kier molecular flexibility index (Phi) is 2.75. The molecule has 0 unspecified atom stereocenters. The molecule has 16 heavy (non-hydrogen) atoms. The number of imidazole rings is 1. The predicted octanol–water partition coefficient (Wildman–Crippen LogP) is 2.34. The molecule has 2 N–H and O–H groups in total. The maximum absolute atomic E-state index is 13.4. The highest BCUT2D eigenvalue weighted by atomic mass is 19.1.